The molecule has 2 heterocycles. The summed E-state index contributed by atoms with van der Waals surface area (Å²) < 4.78 is 10.3. The van der Waals surface area contributed by atoms with Gasteiger partial charge < -0.3 is 20.1 Å². The summed E-state index contributed by atoms with van der Waals surface area (Å²) in [5.74, 6) is 0. The summed E-state index contributed by atoms with van der Waals surface area (Å²) in [6.45, 7) is -0.451. The van der Waals surface area contributed by atoms with Gasteiger partial charge in [0.25, 0.3) is 0 Å². The summed E-state index contributed by atoms with van der Waals surface area (Å²) in [6, 6.07) is 3.57. The van der Waals surface area contributed by atoms with Gasteiger partial charge in [-0.15, -0.1) is 0 Å². The molecule has 0 amide bonds. The molecular formula is C9H9N4O4P. The Balaban J connectivity index is 2.37. The van der Waals surface area contributed by atoms with Gasteiger partial charge in [0.05, 0.1) is 6.61 Å². The summed E-state index contributed by atoms with van der Waals surface area (Å²) in [5, 5.41) is 46.1. The summed E-state index contributed by atoms with van der Waals surface area (Å²) in [6.07, 6.45) is -4.47. The molecule has 1 aromatic heterocycles. The lowest BCUT2D eigenvalue weighted by Gasteiger charge is -2.15. The quantitative estimate of drug-likeness (QED) is 0.614. The number of ether oxygens (including phenoxy) is 1. The van der Waals surface area contributed by atoms with Crippen molar-refractivity contribution >= 4 is 8.51 Å². The summed E-state index contributed by atoms with van der Waals surface area (Å²) in [4.78, 5) is 0. The average molecular weight is 268 g/mol. The second-order valence-electron chi connectivity index (χ2n) is 3.68. The first kappa shape index (κ1) is 12.9. The van der Waals surface area contributed by atoms with E-state index in [-0.39, 0.29) is 19.9 Å². The molecule has 1 fully saturated rings. The Bertz CT molecular complexity index is 534. The molecule has 18 heavy (non-hydrogen) atoms. The number of nitrogens with zero attached hydrogens (tertiary/aromatic N) is 4. The summed E-state index contributed by atoms with van der Waals surface area (Å²) >= 11 is 0. The van der Waals surface area contributed by atoms with Crippen molar-refractivity contribution in [1.82, 2.24) is 9.08 Å². The van der Waals surface area contributed by atoms with Crippen LogP contribution in [0.25, 0.3) is 0 Å². The molecule has 4 unspecified atom stereocenters. The highest BCUT2D eigenvalue weighted by Crippen LogP contribution is 2.33. The fourth-order valence-electron chi connectivity index (χ4n) is 1.73. The van der Waals surface area contributed by atoms with Crippen LogP contribution < -0.4 is 0 Å². The first-order valence-electron chi connectivity index (χ1n) is 5.01. The molecule has 1 aliphatic heterocycles. The molecule has 0 bridgehead atoms. The highest BCUT2D eigenvalue weighted by Gasteiger charge is 2.44. The van der Waals surface area contributed by atoms with Crippen LogP contribution in [-0.2, 0) is 4.74 Å². The third-order valence-electron chi connectivity index (χ3n) is 2.66. The Morgan fingerprint density at radius 2 is 2.06 bits per heavy atom. The number of hydrogen-bond donors (Lipinski definition) is 3. The molecule has 0 aliphatic carbocycles. The third-order valence-corrected chi connectivity index (χ3v) is 3.57. The lowest BCUT2D eigenvalue weighted by molar-refractivity contribution is -0.0480. The molecular weight excluding hydrogens is 259 g/mol. The van der Waals surface area contributed by atoms with Crippen molar-refractivity contribution in [3.05, 3.63) is 11.4 Å². The highest BCUT2D eigenvalue weighted by molar-refractivity contribution is 7.21. The van der Waals surface area contributed by atoms with E-state index in [0.717, 1.165) is 0 Å². The van der Waals surface area contributed by atoms with Gasteiger partial charge in [0.2, 0.25) is 0 Å². The molecule has 0 radical (unpaired) electrons. The van der Waals surface area contributed by atoms with Crippen LogP contribution >= 0.6 is 8.51 Å². The van der Waals surface area contributed by atoms with Crippen LogP contribution in [0, 0.1) is 22.7 Å². The molecule has 0 spiro atoms. The molecule has 0 saturated carbocycles. The maximum absolute atomic E-state index is 9.80. The summed E-state index contributed by atoms with van der Waals surface area (Å²) in [5.41, 5.74) is -0.0640. The van der Waals surface area contributed by atoms with Gasteiger partial charge in [0.1, 0.15) is 39.0 Å². The van der Waals surface area contributed by atoms with E-state index in [4.69, 9.17) is 20.4 Å². The topological polar surface area (TPSA) is 135 Å². The molecule has 3 N–H and O–H groups in total. The van der Waals surface area contributed by atoms with E-state index in [2.05, 4.69) is 4.75 Å². The number of nitriles is 2. The zero-order valence-corrected chi connectivity index (χ0v) is 9.90. The second kappa shape index (κ2) is 4.99. The first-order valence-corrected chi connectivity index (χ1v) is 5.81. The molecule has 8 nitrogen and oxygen atoms in total. The van der Waals surface area contributed by atoms with Crippen LogP contribution in [0.15, 0.2) is 0 Å². The van der Waals surface area contributed by atoms with Gasteiger partial charge in [0.15, 0.2) is 17.6 Å². The molecule has 4 atom stereocenters. The van der Waals surface area contributed by atoms with Crippen molar-refractivity contribution in [3.8, 4) is 12.1 Å². The van der Waals surface area contributed by atoms with Gasteiger partial charge in [-0.3, -0.25) is 4.33 Å². The zero-order chi connectivity index (χ0) is 13.3. The molecule has 2 rings (SSSR count). The fraction of sp³-hybridized carbons (Fsp3) is 0.556. The van der Waals surface area contributed by atoms with Gasteiger partial charge in [-0.05, 0) is 0 Å². The van der Waals surface area contributed by atoms with Crippen LogP contribution in [0.5, 0.6) is 0 Å². The first-order chi connectivity index (χ1) is 8.63. The van der Waals surface area contributed by atoms with Gasteiger partial charge in [-0.2, -0.15) is 15.3 Å². The van der Waals surface area contributed by atoms with E-state index in [0.29, 0.717) is 0 Å². The summed E-state index contributed by atoms with van der Waals surface area (Å²) in [7, 11) is 0.261. The smallest absolute Gasteiger partial charge is 0.181 e. The minimum absolute atomic E-state index is 0.0194. The Kier molecular flexibility index (Phi) is 3.58. The maximum Gasteiger partial charge on any atom is 0.181 e. The van der Waals surface area contributed by atoms with Crippen molar-refractivity contribution in [1.29, 1.82) is 10.5 Å². The van der Waals surface area contributed by atoms with Crippen molar-refractivity contribution in [2.45, 2.75) is 24.5 Å². The Labute approximate surface area is 104 Å². The van der Waals surface area contributed by atoms with Crippen molar-refractivity contribution in [2.75, 3.05) is 6.61 Å². The fourth-order valence-corrected chi connectivity index (χ4v) is 2.58. The van der Waals surface area contributed by atoms with Crippen LogP contribution in [0.2, 0.25) is 0 Å². The van der Waals surface area contributed by atoms with Crippen molar-refractivity contribution in [2.24, 2.45) is 0 Å². The molecule has 94 valence electrons. The van der Waals surface area contributed by atoms with E-state index in [1.165, 1.54) is 4.33 Å². The number of aliphatic hydroxyl groups excluding tert-OH is 3. The van der Waals surface area contributed by atoms with Crippen molar-refractivity contribution < 1.29 is 20.1 Å². The molecule has 9 heteroatoms. The maximum atomic E-state index is 9.80. The van der Waals surface area contributed by atoms with Gasteiger partial charge >= 0.3 is 0 Å². The van der Waals surface area contributed by atoms with Crippen LogP contribution in [0.4, 0.5) is 0 Å². The number of rotatable bonds is 2. The molecule has 0 aromatic carbocycles. The average Bonchev–Trinajstić information content (AvgIpc) is 2.92. The van der Waals surface area contributed by atoms with Gasteiger partial charge in [-0.1, -0.05) is 0 Å². The number of aliphatic hydroxyl groups is 3. The van der Waals surface area contributed by atoms with E-state index >= 15 is 0 Å². The Morgan fingerprint density at radius 1 is 1.33 bits per heavy atom. The molecule has 1 aliphatic rings. The Morgan fingerprint density at radius 3 is 2.56 bits per heavy atom. The largest absolute Gasteiger partial charge is 0.394 e. The SMILES string of the molecule is N#Cc1npn(C2OC(CO)C(O)C2O)c1C#N. The third kappa shape index (κ3) is 1.87. The van der Waals surface area contributed by atoms with Crippen LogP contribution in [0.1, 0.15) is 17.6 Å². The van der Waals surface area contributed by atoms with E-state index < -0.39 is 31.1 Å². The highest BCUT2D eigenvalue weighted by atomic mass is 31.1. The van der Waals surface area contributed by atoms with Gasteiger partial charge in [-0.25, -0.2) is 0 Å². The van der Waals surface area contributed by atoms with Crippen molar-refractivity contribution in [3.63, 3.8) is 0 Å². The monoisotopic (exact) mass is 268 g/mol. The molecule has 1 saturated heterocycles. The predicted octanol–water partition coefficient (Wildman–Crippen LogP) is -1.18. The standard InChI is InChI=1S/C9H9N4O4P/c10-1-4-5(2-11)13(18-12-4)9-8(16)7(15)6(3-14)17-9/h6-9,14-16H,3H2. The van der Waals surface area contributed by atoms with Gasteiger partial charge in [0, 0.05) is 0 Å². The Hall–Kier alpha value is -1.54. The number of aromatic nitrogens is 2. The normalized spacial score (nSPS) is 31.4. The minimum Gasteiger partial charge on any atom is -0.394 e. The van der Waals surface area contributed by atoms with E-state index in [1.807, 2.05) is 6.07 Å². The second-order valence-corrected chi connectivity index (χ2v) is 4.49. The van der Waals surface area contributed by atoms with E-state index in [9.17, 15) is 10.2 Å². The van der Waals surface area contributed by atoms with Crippen LogP contribution in [-0.4, -0.2) is 49.3 Å². The molecule has 1 aromatic rings. The minimum atomic E-state index is -1.29. The number of hydrogen-bond acceptors (Lipinski definition) is 7. The lowest BCUT2D eigenvalue weighted by atomic mass is 10.1. The van der Waals surface area contributed by atoms with E-state index in [1.54, 1.807) is 6.07 Å². The predicted molar refractivity (Wildman–Crippen MR) is 57.2 cm³/mol. The zero-order valence-electron chi connectivity index (χ0n) is 9.00. The lowest BCUT2D eigenvalue weighted by Crippen LogP contribution is -2.33. The van der Waals surface area contributed by atoms with Crippen LogP contribution in [0.3, 0.4) is 0 Å².